The van der Waals surface area contributed by atoms with Crippen LogP contribution in [0.5, 0.6) is 0 Å². The topological polar surface area (TPSA) is 74.6 Å². The molecule has 0 radical (unpaired) electrons. The van der Waals surface area contributed by atoms with E-state index in [0.29, 0.717) is 0 Å². The molecule has 0 aromatic heterocycles. The number of carbonyl (C=O) groups is 2. The van der Waals surface area contributed by atoms with Gasteiger partial charge in [-0.15, -0.1) is 0 Å². The van der Waals surface area contributed by atoms with Gasteiger partial charge in [-0.2, -0.15) is 0 Å². The molecule has 0 saturated heterocycles. The lowest BCUT2D eigenvalue weighted by Gasteiger charge is -1.92. The Bertz CT molecular complexity index is 278. The molecule has 4 nitrogen and oxygen atoms in total. The average Bonchev–Trinajstić information content (AvgIpc) is 2.31. The van der Waals surface area contributed by atoms with Crippen LogP contribution in [0.2, 0.25) is 0 Å². The Morgan fingerprint density at radius 2 is 2.00 bits per heavy atom. The minimum absolute atomic E-state index is 0.0640. The number of rotatable bonds is 2. The summed E-state index contributed by atoms with van der Waals surface area (Å²) in [7, 11) is 0.342. The first-order valence-corrected chi connectivity index (χ1v) is 6.44. The van der Waals surface area contributed by atoms with Gasteiger partial charge in [0, 0.05) is 5.75 Å². The van der Waals surface area contributed by atoms with Gasteiger partial charge in [-0.05, 0) is 22.0 Å². The van der Waals surface area contributed by atoms with E-state index >= 15 is 0 Å². The fourth-order valence-electron chi connectivity index (χ4n) is 0.680. The minimum atomic E-state index is -1.20. The van der Waals surface area contributed by atoms with Crippen molar-refractivity contribution >= 4 is 42.4 Å². The van der Waals surface area contributed by atoms with E-state index in [-0.39, 0.29) is 16.2 Å². The third-order valence-electron chi connectivity index (χ3n) is 1.16. The number of carboxylic acids is 2. The zero-order valence-corrected chi connectivity index (χ0v) is 8.09. The highest BCUT2D eigenvalue weighted by atomic mass is 33.3. The van der Waals surface area contributed by atoms with Crippen LogP contribution in [0.25, 0.3) is 0 Å². The first kappa shape index (κ1) is 9.69. The Morgan fingerprint density at radius 3 is 2.33 bits per heavy atom. The standard InChI is InChI=1S/C5H4O4S3/c6-4(7)2-1-12(10)11-3(2)5(8)9/h1H2,(H,6,7)(H,8,9). The van der Waals surface area contributed by atoms with Gasteiger partial charge < -0.3 is 10.2 Å². The van der Waals surface area contributed by atoms with Gasteiger partial charge in [0.05, 0.1) is 5.57 Å². The summed E-state index contributed by atoms with van der Waals surface area (Å²) in [5.41, 5.74) is -0.0640. The molecule has 0 bridgehead atoms. The average molecular weight is 224 g/mol. The van der Waals surface area contributed by atoms with E-state index in [9.17, 15) is 9.59 Å². The van der Waals surface area contributed by atoms with Crippen molar-refractivity contribution in [3.8, 4) is 0 Å². The molecule has 0 aromatic rings. The summed E-state index contributed by atoms with van der Waals surface area (Å²) in [6, 6.07) is 0. The zero-order chi connectivity index (χ0) is 9.30. The predicted octanol–water partition coefficient (Wildman–Crippen LogP) is 0.152. The van der Waals surface area contributed by atoms with E-state index in [1.807, 2.05) is 0 Å². The van der Waals surface area contributed by atoms with E-state index in [1.54, 1.807) is 0 Å². The number of hydrogen-bond donors (Lipinski definition) is 2. The van der Waals surface area contributed by atoms with Crippen molar-refractivity contribution in [2.24, 2.45) is 0 Å². The summed E-state index contributed by atoms with van der Waals surface area (Å²) in [5, 5.41) is 17.1. The second-order valence-corrected chi connectivity index (χ2v) is 6.97. The molecule has 1 unspecified atom stereocenters. The summed E-state index contributed by atoms with van der Waals surface area (Å²) in [4.78, 5) is 20.9. The van der Waals surface area contributed by atoms with E-state index in [4.69, 9.17) is 21.4 Å². The molecular formula is C5H4O4S3. The van der Waals surface area contributed by atoms with E-state index in [0.717, 1.165) is 10.8 Å². The summed E-state index contributed by atoms with van der Waals surface area (Å²) in [5.74, 6) is -2.20. The molecule has 0 aliphatic carbocycles. The Morgan fingerprint density at radius 1 is 1.42 bits per heavy atom. The SMILES string of the molecule is O=C(O)C1=C(C(=O)O)SS(=S)C1. The van der Waals surface area contributed by atoms with Crippen LogP contribution in [-0.2, 0) is 29.3 Å². The Kier molecular flexibility index (Phi) is 2.86. The molecule has 0 saturated carbocycles. The highest BCUT2D eigenvalue weighted by Crippen LogP contribution is 2.33. The van der Waals surface area contributed by atoms with Crippen LogP contribution in [0.1, 0.15) is 0 Å². The molecule has 1 aliphatic rings. The van der Waals surface area contributed by atoms with Gasteiger partial charge in [0.1, 0.15) is 4.91 Å². The summed E-state index contributed by atoms with van der Waals surface area (Å²) < 4.78 is 0. The smallest absolute Gasteiger partial charge is 0.343 e. The Balaban J connectivity index is 3.04. The summed E-state index contributed by atoms with van der Waals surface area (Å²) in [6.45, 7) is 0. The molecule has 0 spiro atoms. The monoisotopic (exact) mass is 224 g/mol. The number of carboxylic acid groups (broad SMARTS) is 2. The van der Waals surface area contributed by atoms with Crippen LogP contribution in [0.15, 0.2) is 10.5 Å². The van der Waals surface area contributed by atoms with Gasteiger partial charge in [-0.1, -0.05) is 8.49 Å². The maximum Gasteiger partial charge on any atom is 0.343 e. The Labute approximate surface area is 78.6 Å². The van der Waals surface area contributed by atoms with E-state index in [1.165, 1.54) is 0 Å². The van der Waals surface area contributed by atoms with Gasteiger partial charge in [-0.25, -0.2) is 9.59 Å². The maximum atomic E-state index is 10.5. The lowest BCUT2D eigenvalue weighted by molar-refractivity contribution is -0.135. The van der Waals surface area contributed by atoms with Gasteiger partial charge in [0.25, 0.3) is 0 Å². The minimum Gasteiger partial charge on any atom is -0.478 e. The third kappa shape index (κ3) is 1.85. The molecule has 1 heterocycles. The van der Waals surface area contributed by atoms with Crippen molar-refractivity contribution in [3.63, 3.8) is 0 Å². The highest BCUT2D eigenvalue weighted by molar-refractivity contribution is 8.84. The molecule has 0 amide bonds. The first-order valence-electron chi connectivity index (χ1n) is 2.79. The van der Waals surface area contributed by atoms with Crippen molar-refractivity contribution < 1.29 is 19.8 Å². The summed E-state index contributed by atoms with van der Waals surface area (Å²) >= 11 is 4.82. The lowest BCUT2D eigenvalue weighted by Crippen LogP contribution is -2.07. The molecule has 12 heavy (non-hydrogen) atoms. The van der Waals surface area contributed by atoms with Crippen molar-refractivity contribution in [1.29, 1.82) is 0 Å². The van der Waals surface area contributed by atoms with Gasteiger partial charge in [0.15, 0.2) is 0 Å². The van der Waals surface area contributed by atoms with Crippen molar-refractivity contribution in [1.82, 2.24) is 0 Å². The van der Waals surface area contributed by atoms with Gasteiger partial charge >= 0.3 is 11.9 Å². The molecular weight excluding hydrogens is 220 g/mol. The van der Waals surface area contributed by atoms with Crippen molar-refractivity contribution in [2.45, 2.75) is 0 Å². The summed E-state index contributed by atoms with van der Waals surface area (Å²) in [6.07, 6.45) is 0. The van der Waals surface area contributed by atoms with Crippen molar-refractivity contribution in [3.05, 3.63) is 10.5 Å². The van der Waals surface area contributed by atoms with E-state index < -0.39 is 20.4 Å². The van der Waals surface area contributed by atoms with Crippen LogP contribution < -0.4 is 0 Å². The number of hydrogen-bond acceptors (Lipinski definition) is 4. The highest BCUT2D eigenvalue weighted by Gasteiger charge is 2.28. The quantitative estimate of drug-likeness (QED) is 0.650. The molecule has 1 rings (SSSR count). The van der Waals surface area contributed by atoms with Crippen LogP contribution in [0, 0.1) is 0 Å². The van der Waals surface area contributed by atoms with Gasteiger partial charge in [0.2, 0.25) is 0 Å². The second-order valence-electron chi connectivity index (χ2n) is 1.95. The molecule has 0 aromatic carbocycles. The molecule has 1 atom stereocenters. The maximum absolute atomic E-state index is 10.5. The van der Waals surface area contributed by atoms with Gasteiger partial charge in [-0.3, -0.25) is 0 Å². The molecule has 66 valence electrons. The molecule has 1 aliphatic heterocycles. The fraction of sp³-hybridized carbons (Fsp3) is 0.200. The van der Waals surface area contributed by atoms with Crippen LogP contribution in [0.4, 0.5) is 0 Å². The molecule has 7 heteroatoms. The van der Waals surface area contributed by atoms with Crippen LogP contribution >= 0.6 is 10.8 Å². The predicted molar refractivity (Wildman–Crippen MR) is 49.5 cm³/mol. The fourth-order valence-corrected chi connectivity index (χ4v) is 4.42. The van der Waals surface area contributed by atoms with Crippen LogP contribution in [0.3, 0.4) is 0 Å². The zero-order valence-electron chi connectivity index (χ0n) is 5.64. The van der Waals surface area contributed by atoms with E-state index in [2.05, 4.69) is 0 Å². The first-order chi connectivity index (χ1) is 5.52. The lowest BCUT2D eigenvalue weighted by atomic mass is 10.3. The second kappa shape index (κ2) is 3.55. The molecule has 2 N–H and O–H groups in total. The van der Waals surface area contributed by atoms with Crippen molar-refractivity contribution in [2.75, 3.05) is 5.75 Å². The molecule has 0 fully saturated rings. The largest absolute Gasteiger partial charge is 0.478 e. The Hall–Kier alpha value is -0.400. The number of aliphatic carboxylic acids is 2. The van der Waals surface area contributed by atoms with Crippen LogP contribution in [-0.4, -0.2) is 27.9 Å². The third-order valence-corrected chi connectivity index (χ3v) is 4.84. The normalized spacial score (nSPS) is 22.8.